The van der Waals surface area contributed by atoms with Crippen molar-refractivity contribution in [1.29, 1.82) is 0 Å². The number of ether oxygens (including phenoxy) is 2. The highest BCUT2D eigenvalue weighted by Crippen LogP contribution is 2.25. The van der Waals surface area contributed by atoms with E-state index in [1.54, 1.807) is 19.1 Å². The summed E-state index contributed by atoms with van der Waals surface area (Å²) in [6.07, 6.45) is -0.115. The number of nitrogens with zero attached hydrogens (tertiary/aromatic N) is 1. The summed E-state index contributed by atoms with van der Waals surface area (Å²) in [5, 5.41) is 0. The third-order valence-electron chi connectivity index (χ3n) is 4.24. The third kappa shape index (κ3) is 3.82. The smallest absolute Gasteiger partial charge is 0.416 e. The van der Waals surface area contributed by atoms with Gasteiger partial charge in [-0.25, -0.2) is 9.59 Å². The van der Waals surface area contributed by atoms with Crippen LogP contribution in [-0.2, 0) is 22.5 Å². The third-order valence-corrected chi connectivity index (χ3v) is 4.24. The van der Waals surface area contributed by atoms with Crippen molar-refractivity contribution in [3.05, 3.63) is 65.2 Å². The molecule has 25 heavy (non-hydrogen) atoms. The highest BCUT2D eigenvalue weighted by atomic mass is 16.6. The lowest BCUT2D eigenvalue weighted by molar-refractivity contribution is -0.149. The minimum Gasteiger partial charge on any atom is -0.464 e. The number of carbonyl (C=O) groups excluding carboxylic acids is 2. The predicted molar refractivity (Wildman–Crippen MR) is 93.3 cm³/mol. The van der Waals surface area contributed by atoms with Crippen molar-refractivity contribution in [1.82, 2.24) is 4.90 Å². The van der Waals surface area contributed by atoms with Crippen molar-refractivity contribution >= 4 is 12.1 Å². The van der Waals surface area contributed by atoms with Crippen LogP contribution in [0.3, 0.4) is 0 Å². The molecule has 0 N–H and O–H groups in total. The molecule has 1 atom stereocenters. The second kappa shape index (κ2) is 7.38. The standard InChI is InChI=1S/C20H21NO4/c1-3-24-19(22)18-12-15-8-4-5-9-16(15)13-21(18)20(23)25-17-10-6-7-14(2)11-17/h4-11,18H,3,12-13H2,1-2H3. The molecule has 2 aromatic rings. The van der Waals surface area contributed by atoms with Gasteiger partial charge < -0.3 is 9.47 Å². The highest BCUT2D eigenvalue weighted by Gasteiger charge is 2.36. The Morgan fingerprint density at radius 2 is 1.88 bits per heavy atom. The van der Waals surface area contributed by atoms with Crippen LogP contribution in [0.4, 0.5) is 4.79 Å². The van der Waals surface area contributed by atoms with Gasteiger partial charge in [-0.3, -0.25) is 4.90 Å². The van der Waals surface area contributed by atoms with E-state index in [0.29, 0.717) is 18.7 Å². The van der Waals surface area contributed by atoms with Crippen molar-refractivity contribution in [3.8, 4) is 5.75 Å². The first kappa shape index (κ1) is 17.0. The summed E-state index contributed by atoms with van der Waals surface area (Å²) in [6, 6.07) is 14.4. The Labute approximate surface area is 147 Å². The average molecular weight is 339 g/mol. The van der Waals surface area contributed by atoms with E-state index in [-0.39, 0.29) is 6.61 Å². The maximum Gasteiger partial charge on any atom is 0.416 e. The van der Waals surface area contributed by atoms with Crippen LogP contribution in [-0.4, -0.2) is 29.6 Å². The molecule has 0 saturated carbocycles. The number of rotatable bonds is 3. The number of hydrogen-bond acceptors (Lipinski definition) is 4. The Bertz CT molecular complexity index is 787. The lowest BCUT2D eigenvalue weighted by Crippen LogP contribution is -2.50. The molecular formula is C20H21NO4. The van der Waals surface area contributed by atoms with Crippen LogP contribution in [0.2, 0.25) is 0 Å². The SMILES string of the molecule is CCOC(=O)C1Cc2ccccc2CN1C(=O)Oc1cccc(C)c1. The summed E-state index contributed by atoms with van der Waals surface area (Å²) in [6.45, 7) is 4.28. The minimum absolute atomic E-state index is 0.276. The van der Waals surface area contributed by atoms with E-state index in [4.69, 9.17) is 9.47 Å². The average Bonchev–Trinajstić information content (AvgIpc) is 2.60. The number of benzene rings is 2. The van der Waals surface area contributed by atoms with E-state index in [1.807, 2.05) is 43.3 Å². The van der Waals surface area contributed by atoms with Crippen molar-refractivity contribution < 1.29 is 19.1 Å². The first-order chi connectivity index (χ1) is 12.1. The molecule has 0 aliphatic carbocycles. The summed E-state index contributed by atoms with van der Waals surface area (Å²) in [5.41, 5.74) is 3.07. The topological polar surface area (TPSA) is 55.8 Å². The fraction of sp³-hybridized carbons (Fsp3) is 0.300. The number of hydrogen-bond donors (Lipinski definition) is 0. The summed E-state index contributed by atoms with van der Waals surface area (Å²) < 4.78 is 10.6. The van der Waals surface area contributed by atoms with Gasteiger partial charge in [0, 0.05) is 6.42 Å². The van der Waals surface area contributed by atoms with Crippen molar-refractivity contribution in [2.24, 2.45) is 0 Å². The van der Waals surface area contributed by atoms with Crippen LogP contribution in [0.5, 0.6) is 5.75 Å². The molecular weight excluding hydrogens is 318 g/mol. The second-order valence-corrected chi connectivity index (χ2v) is 6.05. The molecule has 130 valence electrons. The molecule has 1 amide bonds. The molecule has 5 heteroatoms. The minimum atomic E-state index is -0.674. The molecule has 0 fully saturated rings. The summed E-state index contributed by atoms with van der Waals surface area (Å²) in [5.74, 6) is 0.0599. The van der Waals surface area contributed by atoms with Gasteiger partial charge in [-0.2, -0.15) is 0 Å². The van der Waals surface area contributed by atoms with Gasteiger partial charge in [0.05, 0.1) is 13.2 Å². The van der Waals surface area contributed by atoms with Gasteiger partial charge in [0.25, 0.3) is 0 Å². The molecule has 3 rings (SSSR count). The fourth-order valence-corrected chi connectivity index (χ4v) is 3.00. The van der Waals surface area contributed by atoms with Gasteiger partial charge in [0.15, 0.2) is 0 Å². The van der Waals surface area contributed by atoms with Crippen molar-refractivity contribution in [3.63, 3.8) is 0 Å². The molecule has 1 aliphatic heterocycles. The van der Waals surface area contributed by atoms with E-state index < -0.39 is 18.1 Å². The van der Waals surface area contributed by atoms with Gasteiger partial charge >= 0.3 is 12.1 Å². The summed E-state index contributed by atoms with van der Waals surface area (Å²) >= 11 is 0. The molecule has 0 aromatic heterocycles. The van der Waals surface area contributed by atoms with Gasteiger partial charge in [-0.15, -0.1) is 0 Å². The van der Waals surface area contributed by atoms with E-state index in [9.17, 15) is 9.59 Å². The number of fused-ring (bicyclic) bond motifs is 1. The van der Waals surface area contributed by atoms with Crippen LogP contribution >= 0.6 is 0 Å². The van der Waals surface area contributed by atoms with E-state index in [0.717, 1.165) is 16.7 Å². The van der Waals surface area contributed by atoms with Crippen LogP contribution in [0, 0.1) is 6.92 Å². The zero-order chi connectivity index (χ0) is 17.8. The molecule has 1 unspecified atom stereocenters. The van der Waals surface area contributed by atoms with Crippen LogP contribution in [0.25, 0.3) is 0 Å². The van der Waals surface area contributed by atoms with Crippen molar-refractivity contribution in [2.75, 3.05) is 6.61 Å². The Morgan fingerprint density at radius 3 is 2.60 bits per heavy atom. The maximum absolute atomic E-state index is 12.7. The normalized spacial score (nSPS) is 16.1. The Morgan fingerprint density at radius 1 is 1.12 bits per heavy atom. The number of amides is 1. The molecule has 0 radical (unpaired) electrons. The zero-order valence-corrected chi connectivity index (χ0v) is 14.4. The molecule has 1 aliphatic rings. The fourth-order valence-electron chi connectivity index (χ4n) is 3.00. The number of carbonyl (C=O) groups is 2. The van der Waals surface area contributed by atoms with E-state index in [1.165, 1.54) is 4.90 Å². The molecule has 1 heterocycles. The lowest BCUT2D eigenvalue weighted by Gasteiger charge is -2.34. The van der Waals surface area contributed by atoms with E-state index in [2.05, 4.69) is 0 Å². The second-order valence-electron chi connectivity index (χ2n) is 6.05. The van der Waals surface area contributed by atoms with Crippen LogP contribution in [0.15, 0.2) is 48.5 Å². The summed E-state index contributed by atoms with van der Waals surface area (Å²) in [4.78, 5) is 26.5. The Hall–Kier alpha value is -2.82. The zero-order valence-electron chi connectivity index (χ0n) is 14.4. The first-order valence-electron chi connectivity index (χ1n) is 8.37. The largest absolute Gasteiger partial charge is 0.464 e. The monoisotopic (exact) mass is 339 g/mol. The van der Waals surface area contributed by atoms with E-state index >= 15 is 0 Å². The first-order valence-corrected chi connectivity index (χ1v) is 8.37. The molecule has 0 saturated heterocycles. The molecule has 2 aromatic carbocycles. The van der Waals surface area contributed by atoms with Gasteiger partial charge in [0.1, 0.15) is 11.8 Å². The van der Waals surface area contributed by atoms with Gasteiger partial charge in [0.2, 0.25) is 0 Å². The summed E-state index contributed by atoms with van der Waals surface area (Å²) in [7, 11) is 0. The predicted octanol–water partition coefficient (Wildman–Crippen LogP) is 3.48. The maximum atomic E-state index is 12.7. The Kier molecular flexibility index (Phi) is 5.03. The molecule has 0 bridgehead atoms. The lowest BCUT2D eigenvalue weighted by atomic mass is 9.94. The van der Waals surface area contributed by atoms with Gasteiger partial charge in [-0.05, 0) is 42.7 Å². The van der Waals surface area contributed by atoms with Gasteiger partial charge in [-0.1, -0.05) is 36.4 Å². The highest BCUT2D eigenvalue weighted by molar-refractivity contribution is 5.83. The molecule has 5 nitrogen and oxygen atoms in total. The van der Waals surface area contributed by atoms with Crippen molar-refractivity contribution in [2.45, 2.75) is 32.9 Å². The quantitative estimate of drug-likeness (QED) is 0.803. The number of aryl methyl sites for hydroxylation is 1. The van der Waals surface area contributed by atoms with Crippen LogP contribution in [0.1, 0.15) is 23.6 Å². The van der Waals surface area contributed by atoms with Crippen LogP contribution < -0.4 is 4.74 Å². The molecule has 0 spiro atoms. The number of esters is 1. The Balaban J connectivity index is 1.85.